The lowest BCUT2D eigenvalue weighted by molar-refractivity contribution is -0.115. The Kier molecular flexibility index (Phi) is 4.76. The maximum atomic E-state index is 12.5. The summed E-state index contributed by atoms with van der Waals surface area (Å²) in [6.45, 7) is 0.585. The molecule has 0 atom stereocenters. The third-order valence-electron chi connectivity index (χ3n) is 4.94. The molecule has 0 fully saturated rings. The molecule has 154 valence electrons. The van der Waals surface area contributed by atoms with E-state index in [4.69, 9.17) is 14.2 Å². The second kappa shape index (κ2) is 7.87. The molecule has 0 unspecified atom stereocenters. The van der Waals surface area contributed by atoms with Gasteiger partial charge in [-0.25, -0.2) is 0 Å². The van der Waals surface area contributed by atoms with Crippen LogP contribution in [0.2, 0.25) is 0 Å². The number of hydrogen-bond acceptors (Lipinski definition) is 5. The van der Waals surface area contributed by atoms with Crippen molar-refractivity contribution in [2.75, 3.05) is 12.1 Å². The number of fused-ring (bicyclic) bond motifs is 2. The van der Waals surface area contributed by atoms with Crippen molar-refractivity contribution in [3.63, 3.8) is 0 Å². The number of benzene rings is 3. The predicted octanol–water partition coefficient (Wildman–Crippen LogP) is 3.72. The SMILES string of the molecule is O=C1Nc2ccccc2O/C1=C/c1ccc(C(=O)NCc2ccc3c(c2)OCO3)cc1. The molecule has 2 N–H and O–H groups in total. The molecular weight excluding hydrogens is 396 g/mol. The minimum absolute atomic E-state index is 0.193. The standard InChI is InChI=1S/C24H18N2O5/c27-23(25-13-16-7-10-20-21(12-16)30-14-29-20)17-8-5-15(6-9-17)11-22-24(28)26-18-3-1-2-4-19(18)31-22/h1-12H,13-14H2,(H,25,27)(H,26,28)/b22-11+. The molecule has 31 heavy (non-hydrogen) atoms. The van der Waals surface area contributed by atoms with E-state index >= 15 is 0 Å². The fraction of sp³-hybridized carbons (Fsp3) is 0.0833. The summed E-state index contributed by atoms with van der Waals surface area (Å²) in [5, 5.41) is 5.68. The minimum Gasteiger partial charge on any atom is -0.454 e. The average molecular weight is 414 g/mol. The van der Waals surface area contributed by atoms with Crippen LogP contribution in [0, 0.1) is 0 Å². The molecule has 0 radical (unpaired) electrons. The third kappa shape index (κ3) is 3.93. The van der Waals surface area contributed by atoms with E-state index in [0.717, 1.165) is 11.1 Å². The van der Waals surface area contributed by atoms with E-state index in [0.29, 0.717) is 35.0 Å². The first-order valence-electron chi connectivity index (χ1n) is 9.72. The summed E-state index contributed by atoms with van der Waals surface area (Å²) >= 11 is 0. The van der Waals surface area contributed by atoms with Crippen molar-refractivity contribution in [1.82, 2.24) is 5.32 Å². The van der Waals surface area contributed by atoms with Crippen molar-refractivity contribution >= 4 is 23.6 Å². The van der Waals surface area contributed by atoms with Gasteiger partial charge < -0.3 is 24.8 Å². The van der Waals surface area contributed by atoms with Gasteiger partial charge in [-0.05, 0) is 53.6 Å². The molecule has 7 nitrogen and oxygen atoms in total. The Morgan fingerprint density at radius 1 is 0.968 bits per heavy atom. The molecule has 2 aliphatic rings. The maximum absolute atomic E-state index is 12.5. The summed E-state index contributed by atoms with van der Waals surface area (Å²) in [7, 11) is 0. The van der Waals surface area contributed by atoms with E-state index in [1.807, 2.05) is 30.3 Å². The topological polar surface area (TPSA) is 85.9 Å². The van der Waals surface area contributed by atoms with Gasteiger partial charge >= 0.3 is 0 Å². The molecule has 2 amide bonds. The number of para-hydroxylation sites is 2. The molecule has 7 heteroatoms. The second-order valence-corrected chi connectivity index (χ2v) is 7.05. The number of amides is 2. The Morgan fingerprint density at radius 3 is 2.65 bits per heavy atom. The molecule has 3 aromatic carbocycles. The van der Waals surface area contributed by atoms with Crippen LogP contribution in [-0.4, -0.2) is 18.6 Å². The van der Waals surface area contributed by atoms with E-state index in [1.165, 1.54) is 0 Å². The summed E-state index contributed by atoms with van der Waals surface area (Å²) in [6.07, 6.45) is 1.64. The van der Waals surface area contributed by atoms with Crippen LogP contribution in [0.25, 0.3) is 6.08 Å². The fourth-order valence-corrected chi connectivity index (χ4v) is 3.32. The summed E-state index contributed by atoms with van der Waals surface area (Å²) in [4.78, 5) is 24.7. The highest BCUT2D eigenvalue weighted by Gasteiger charge is 2.21. The molecule has 0 saturated carbocycles. The number of anilines is 1. The lowest BCUT2D eigenvalue weighted by Crippen LogP contribution is -2.23. The number of carbonyl (C=O) groups is 2. The van der Waals surface area contributed by atoms with Crippen LogP contribution in [0.3, 0.4) is 0 Å². The van der Waals surface area contributed by atoms with Gasteiger partial charge in [-0.1, -0.05) is 30.3 Å². The van der Waals surface area contributed by atoms with Gasteiger partial charge in [0.1, 0.15) is 0 Å². The van der Waals surface area contributed by atoms with E-state index in [1.54, 1.807) is 42.5 Å². The molecule has 5 rings (SSSR count). The van der Waals surface area contributed by atoms with E-state index in [-0.39, 0.29) is 24.4 Å². The van der Waals surface area contributed by atoms with Crippen LogP contribution in [0.4, 0.5) is 5.69 Å². The van der Waals surface area contributed by atoms with E-state index in [2.05, 4.69) is 10.6 Å². The van der Waals surface area contributed by atoms with Gasteiger partial charge in [-0.3, -0.25) is 9.59 Å². The molecule has 0 saturated heterocycles. The number of ether oxygens (including phenoxy) is 3. The minimum atomic E-state index is -0.316. The lowest BCUT2D eigenvalue weighted by Gasteiger charge is -2.19. The van der Waals surface area contributed by atoms with Crippen LogP contribution in [0.15, 0.2) is 72.5 Å². The molecule has 0 bridgehead atoms. The zero-order valence-electron chi connectivity index (χ0n) is 16.4. The average Bonchev–Trinajstić information content (AvgIpc) is 3.26. The van der Waals surface area contributed by atoms with Gasteiger partial charge in [0.2, 0.25) is 6.79 Å². The van der Waals surface area contributed by atoms with Gasteiger partial charge in [0.15, 0.2) is 23.0 Å². The summed E-state index contributed by atoms with van der Waals surface area (Å²) in [5.74, 6) is 1.66. The highest BCUT2D eigenvalue weighted by atomic mass is 16.7. The second-order valence-electron chi connectivity index (χ2n) is 7.05. The first-order chi connectivity index (χ1) is 15.2. The molecule has 3 aromatic rings. The van der Waals surface area contributed by atoms with Gasteiger partial charge in [-0.2, -0.15) is 0 Å². The van der Waals surface area contributed by atoms with Crippen LogP contribution in [0.5, 0.6) is 17.2 Å². The van der Waals surface area contributed by atoms with Crippen LogP contribution in [0.1, 0.15) is 21.5 Å². The summed E-state index contributed by atoms with van der Waals surface area (Å²) in [5.41, 5.74) is 2.82. The highest BCUT2D eigenvalue weighted by molar-refractivity contribution is 6.08. The first kappa shape index (κ1) is 18.7. The Bertz CT molecular complexity index is 1200. The maximum Gasteiger partial charge on any atom is 0.291 e. The Morgan fingerprint density at radius 2 is 1.77 bits per heavy atom. The quantitative estimate of drug-likeness (QED) is 0.636. The van der Waals surface area contributed by atoms with Gasteiger partial charge in [0.05, 0.1) is 5.69 Å². The normalized spacial score (nSPS) is 15.1. The van der Waals surface area contributed by atoms with Crippen molar-refractivity contribution in [2.45, 2.75) is 6.54 Å². The highest BCUT2D eigenvalue weighted by Crippen LogP contribution is 2.32. The monoisotopic (exact) mass is 414 g/mol. The van der Waals surface area contributed by atoms with Crippen molar-refractivity contribution in [2.24, 2.45) is 0 Å². The van der Waals surface area contributed by atoms with Crippen LogP contribution >= 0.6 is 0 Å². The van der Waals surface area contributed by atoms with Crippen LogP contribution in [-0.2, 0) is 11.3 Å². The molecule has 2 heterocycles. The molecule has 0 aromatic heterocycles. The molecular formula is C24H18N2O5. The number of rotatable bonds is 4. The molecule has 0 aliphatic carbocycles. The van der Waals surface area contributed by atoms with E-state index < -0.39 is 0 Å². The Balaban J connectivity index is 1.24. The van der Waals surface area contributed by atoms with Gasteiger partial charge in [0, 0.05) is 12.1 Å². The Hall–Kier alpha value is -4.26. The third-order valence-corrected chi connectivity index (χ3v) is 4.94. The van der Waals surface area contributed by atoms with Crippen molar-refractivity contribution < 1.29 is 23.8 Å². The zero-order valence-corrected chi connectivity index (χ0v) is 16.4. The van der Waals surface area contributed by atoms with Crippen molar-refractivity contribution in [3.8, 4) is 17.2 Å². The van der Waals surface area contributed by atoms with Gasteiger partial charge in [0.25, 0.3) is 11.8 Å². The predicted molar refractivity (Wildman–Crippen MR) is 114 cm³/mol. The van der Waals surface area contributed by atoms with E-state index in [9.17, 15) is 9.59 Å². The molecule has 0 spiro atoms. The number of nitrogens with one attached hydrogen (secondary N) is 2. The molecule has 2 aliphatic heterocycles. The number of carbonyl (C=O) groups excluding carboxylic acids is 2. The largest absolute Gasteiger partial charge is 0.454 e. The van der Waals surface area contributed by atoms with Crippen molar-refractivity contribution in [3.05, 3.63) is 89.2 Å². The van der Waals surface area contributed by atoms with Crippen LogP contribution < -0.4 is 24.8 Å². The van der Waals surface area contributed by atoms with Crippen molar-refractivity contribution in [1.29, 1.82) is 0 Å². The zero-order chi connectivity index (χ0) is 21.2. The number of hydrogen-bond donors (Lipinski definition) is 2. The summed E-state index contributed by atoms with van der Waals surface area (Å²) in [6, 6.07) is 19.7. The first-order valence-corrected chi connectivity index (χ1v) is 9.72. The lowest BCUT2D eigenvalue weighted by atomic mass is 10.1. The Labute approximate surface area is 178 Å². The fourth-order valence-electron chi connectivity index (χ4n) is 3.32. The smallest absolute Gasteiger partial charge is 0.291 e. The van der Waals surface area contributed by atoms with Gasteiger partial charge in [-0.15, -0.1) is 0 Å². The summed E-state index contributed by atoms with van der Waals surface area (Å²) < 4.78 is 16.3.